The molecule has 0 fully saturated rings. The average molecular weight is 213 g/mol. The van der Waals surface area contributed by atoms with Crippen LogP contribution in [-0.2, 0) is 10.8 Å². The normalized spacial score (nSPS) is 14.6. The molecular formula is C9H11NOS2. The summed E-state index contributed by atoms with van der Waals surface area (Å²) >= 11 is 1.46. The van der Waals surface area contributed by atoms with Crippen LogP contribution in [-0.4, -0.2) is 10.5 Å². The van der Waals surface area contributed by atoms with Gasteiger partial charge in [-0.1, -0.05) is 6.58 Å². The Morgan fingerprint density at radius 3 is 2.92 bits per heavy atom. The zero-order valence-corrected chi connectivity index (χ0v) is 8.95. The minimum atomic E-state index is -0.916. The molecule has 4 heteroatoms. The van der Waals surface area contributed by atoms with Gasteiger partial charge >= 0.3 is 0 Å². The standard InChI is InChI=1S/C9H11NOS2/c1-3-4-7(10)8-5-6-9(12-8)13(2)11/h4-7H,1,10H2,2H3. The van der Waals surface area contributed by atoms with Gasteiger partial charge < -0.3 is 5.73 Å². The molecule has 2 nitrogen and oxygen atoms in total. The Bertz CT molecular complexity index is 363. The van der Waals surface area contributed by atoms with Crippen LogP contribution in [0.2, 0.25) is 0 Å². The molecule has 0 saturated carbocycles. The van der Waals surface area contributed by atoms with Crippen molar-refractivity contribution in [2.45, 2.75) is 10.3 Å². The van der Waals surface area contributed by atoms with Gasteiger partial charge in [-0.3, -0.25) is 4.21 Å². The average Bonchev–Trinajstić information content (AvgIpc) is 2.52. The topological polar surface area (TPSA) is 43.1 Å². The first-order chi connectivity index (χ1) is 6.15. The van der Waals surface area contributed by atoms with Crippen LogP contribution < -0.4 is 5.73 Å². The summed E-state index contributed by atoms with van der Waals surface area (Å²) in [4.78, 5) is 0.987. The van der Waals surface area contributed by atoms with Crippen molar-refractivity contribution in [1.29, 1.82) is 0 Å². The highest BCUT2D eigenvalue weighted by atomic mass is 32.2. The maximum absolute atomic E-state index is 11.1. The summed E-state index contributed by atoms with van der Waals surface area (Å²) in [5.74, 6) is 0. The largest absolute Gasteiger partial charge is 0.320 e. The van der Waals surface area contributed by atoms with E-state index in [1.165, 1.54) is 11.3 Å². The van der Waals surface area contributed by atoms with Crippen LogP contribution in [0.4, 0.5) is 0 Å². The first-order valence-corrected chi connectivity index (χ1v) is 6.07. The Kier molecular flexibility index (Phi) is 3.63. The Balaban J connectivity index is 2.91. The quantitative estimate of drug-likeness (QED) is 0.778. The molecule has 0 aliphatic carbocycles. The highest BCUT2D eigenvalue weighted by Crippen LogP contribution is 2.24. The van der Waals surface area contributed by atoms with Gasteiger partial charge in [0.15, 0.2) is 0 Å². The summed E-state index contributed by atoms with van der Waals surface area (Å²) in [7, 11) is -0.916. The Labute approximate surface area is 84.2 Å². The molecule has 1 aromatic heterocycles. The number of hydrogen-bond donors (Lipinski definition) is 1. The number of thiophene rings is 1. The van der Waals surface area contributed by atoms with E-state index in [4.69, 9.17) is 5.73 Å². The highest BCUT2D eigenvalue weighted by molar-refractivity contribution is 7.86. The number of hydrogen-bond acceptors (Lipinski definition) is 3. The van der Waals surface area contributed by atoms with E-state index in [-0.39, 0.29) is 6.04 Å². The van der Waals surface area contributed by atoms with Crippen molar-refractivity contribution in [1.82, 2.24) is 0 Å². The van der Waals surface area contributed by atoms with Crippen LogP contribution in [0.25, 0.3) is 0 Å². The molecule has 0 radical (unpaired) electrons. The van der Waals surface area contributed by atoms with Crippen LogP contribution in [0, 0.1) is 0 Å². The number of nitrogens with two attached hydrogens (primary N) is 1. The van der Waals surface area contributed by atoms with Crippen molar-refractivity contribution in [2.24, 2.45) is 5.73 Å². The Morgan fingerprint density at radius 1 is 1.77 bits per heavy atom. The second kappa shape index (κ2) is 4.53. The van der Waals surface area contributed by atoms with Crippen molar-refractivity contribution >= 4 is 22.1 Å². The zero-order chi connectivity index (χ0) is 9.84. The van der Waals surface area contributed by atoms with Crippen molar-refractivity contribution in [2.75, 3.05) is 6.26 Å². The van der Waals surface area contributed by atoms with E-state index < -0.39 is 10.8 Å². The molecule has 1 rings (SSSR count). The van der Waals surface area contributed by atoms with E-state index in [0.717, 1.165) is 9.09 Å². The van der Waals surface area contributed by atoms with E-state index in [1.807, 2.05) is 12.1 Å². The van der Waals surface area contributed by atoms with E-state index in [9.17, 15) is 4.21 Å². The highest BCUT2D eigenvalue weighted by Gasteiger charge is 2.07. The summed E-state index contributed by atoms with van der Waals surface area (Å²) in [6, 6.07) is 3.55. The van der Waals surface area contributed by atoms with Crippen LogP contribution in [0.5, 0.6) is 0 Å². The molecule has 0 aliphatic rings. The fraction of sp³-hybridized carbons (Fsp3) is 0.222. The predicted octanol–water partition coefficient (Wildman–Crippen LogP) is 1.83. The maximum atomic E-state index is 11.1. The molecule has 70 valence electrons. The van der Waals surface area contributed by atoms with Gasteiger partial charge in [-0.15, -0.1) is 17.1 Å². The Hall–Kier alpha value is -0.670. The van der Waals surface area contributed by atoms with Crippen LogP contribution in [0.3, 0.4) is 0 Å². The third kappa shape index (κ3) is 2.64. The lowest BCUT2D eigenvalue weighted by Crippen LogP contribution is -2.03. The van der Waals surface area contributed by atoms with Gasteiger partial charge in [-0.25, -0.2) is 0 Å². The van der Waals surface area contributed by atoms with Gasteiger partial charge in [0.2, 0.25) is 0 Å². The lowest BCUT2D eigenvalue weighted by molar-refractivity contribution is 0.688. The molecule has 1 heterocycles. The number of rotatable bonds is 3. The second-order valence-electron chi connectivity index (χ2n) is 2.51. The lowest BCUT2D eigenvalue weighted by Gasteiger charge is -1.99. The van der Waals surface area contributed by atoms with Gasteiger partial charge in [0.05, 0.1) is 21.1 Å². The maximum Gasteiger partial charge on any atom is 0.0911 e. The van der Waals surface area contributed by atoms with Gasteiger partial charge in [-0.05, 0) is 18.2 Å². The van der Waals surface area contributed by atoms with Crippen molar-refractivity contribution in [3.05, 3.63) is 35.4 Å². The molecule has 0 aromatic carbocycles. The smallest absolute Gasteiger partial charge is 0.0911 e. The molecule has 13 heavy (non-hydrogen) atoms. The third-order valence-electron chi connectivity index (χ3n) is 1.51. The molecule has 1 aromatic rings. The molecule has 2 atom stereocenters. The molecule has 0 amide bonds. The van der Waals surface area contributed by atoms with Gasteiger partial charge in [-0.2, -0.15) is 0 Å². The summed E-state index contributed by atoms with van der Waals surface area (Å²) in [6.07, 6.45) is 3.35. The molecular weight excluding hydrogens is 202 g/mol. The monoisotopic (exact) mass is 213 g/mol. The Morgan fingerprint density at radius 2 is 2.46 bits per heavy atom. The molecule has 0 bridgehead atoms. The fourth-order valence-corrected chi connectivity index (χ4v) is 2.60. The minimum absolute atomic E-state index is 0.181. The summed E-state index contributed by atoms with van der Waals surface area (Å²) in [6.45, 7) is 3.45. The third-order valence-corrected chi connectivity index (χ3v) is 4.15. The molecule has 0 spiro atoms. The van der Waals surface area contributed by atoms with E-state index >= 15 is 0 Å². The van der Waals surface area contributed by atoms with Crippen molar-refractivity contribution in [3.8, 4) is 0 Å². The SMILES string of the molecule is C=C=CC(N)c1ccc(S(C)=O)s1. The van der Waals surface area contributed by atoms with Crippen molar-refractivity contribution < 1.29 is 4.21 Å². The molecule has 0 saturated heterocycles. The summed E-state index contributed by atoms with van der Waals surface area (Å²) in [5.41, 5.74) is 8.41. The van der Waals surface area contributed by atoms with Gasteiger partial charge in [0.25, 0.3) is 0 Å². The molecule has 2 N–H and O–H groups in total. The van der Waals surface area contributed by atoms with Crippen LogP contribution in [0.15, 0.2) is 34.7 Å². The van der Waals surface area contributed by atoms with E-state index in [0.29, 0.717) is 0 Å². The van der Waals surface area contributed by atoms with Gasteiger partial charge in [0.1, 0.15) is 0 Å². The minimum Gasteiger partial charge on any atom is -0.320 e. The van der Waals surface area contributed by atoms with Crippen LogP contribution >= 0.6 is 11.3 Å². The van der Waals surface area contributed by atoms with Crippen LogP contribution in [0.1, 0.15) is 10.9 Å². The summed E-state index contributed by atoms with van der Waals surface area (Å²) in [5, 5.41) is 0. The van der Waals surface area contributed by atoms with E-state index in [2.05, 4.69) is 12.3 Å². The van der Waals surface area contributed by atoms with Crippen molar-refractivity contribution in [3.63, 3.8) is 0 Å². The van der Waals surface area contributed by atoms with E-state index in [1.54, 1.807) is 12.3 Å². The fourth-order valence-electron chi connectivity index (χ4n) is 0.877. The first kappa shape index (κ1) is 10.4. The molecule has 0 aliphatic heterocycles. The summed E-state index contributed by atoms with van der Waals surface area (Å²) < 4.78 is 11.9. The van der Waals surface area contributed by atoms with Gasteiger partial charge in [0, 0.05) is 11.1 Å². The predicted molar refractivity (Wildman–Crippen MR) is 57.3 cm³/mol. The molecule has 2 unspecified atom stereocenters. The first-order valence-electron chi connectivity index (χ1n) is 3.70. The zero-order valence-electron chi connectivity index (χ0n) is 7.32. The lowest BCUT2D eigenvalue weighted by atomic mass is 10.2. The second-order valence-corrected chi connectivity index (χ2v) is 5.23.